The number of rotatable bonds is 5. The molecule has 1 atom stereocenters. The Kier molecular flexibility index (Phi) is 4.73. The fraction of sp³-hybridized carbons (Fsp3) is 0.286. The van der Waals surface area contributed by atoms with Crippen LogP contribution in [-0.2, 0) is 13.1 Å². The summed E-state index contributed by atoms with van der Waals surface area (Å²) in [5.74, 6) is 0.973. The number of hydrogen-bond acceptors (Lipinski definition) is 5. The van der Waals surface area contributed by atoms with Crippen molar-refractivity contribution in [2.75, 3.05) is 6.54 Å². The van der Waals surface area contributed by atoms with E-state index in [0.29, 0.717) is 17.3 Å². The molecule has 1 aliphatic heterocycles. The van der Waals surface area contributed by atoms with Gasteiger partial charge < -0.3 is 9.84 Å². The molecule has 1 N–H and O–H groups in total. The lowest BCUT2D eigenvalue weighted by molar-refractivity contribution is 0.0929. The molecule has 27 heavy (non-hydrogen) atoms. The summed E-state index contributed by atoms with van der Waals surface area (Å²) < 4.78 is 4.99. The molecule has 0 radical (unpaired) electrons. The minimum Gasteiger partial charge on any atom is -0.348 e. The minimum absolute atomic E-state index is 0.0614. The minimum atomic E-state index is -0.0740. The van der Waals surface area contributed by atoms with Gasteiger partial charge in [0.15, 0.2) is 0 Å². The third-order valence-electron chi connectivity index (χ3n) is 4.75. The first-order valence-electron chi connectivity index (χ1n) is 9.09. The fourth-order valence-electron chi connectivity index (χ4n) is 3.46. The molecular formula is C21H22N4O2. The molecule has 2 heterocycles. The number of aromatic nitrogens is 2. The van der Waals surface area contributed by atoms with Gasteiger partial charge in [-0.3, -0.25) is 9.69 Å². The molecule has 0 bridgehead atoms. The Balaban J connectivity index is 1.33. The van der Waals surface area contributed by atoms with E-state index >= 15 is 0 Å². The number of amides is 1. The van der Waals surface area contributed by atoms with Crippen LogP contribution in [0.4, 0.5) is 0 Å². The highest BCUT2D eigenvalue weighted by atomic mass is 16.5. The van der Waals surface area contributed by atoms with E-state index < -0.39 is 0 Å². The standard InChI is InChI=1S/C21H22N4O2/c1-14(11-25-12-18-5-3-4-6-19(18)13-25)22-21(26)17-9-7-16(8-10-17)20-23-15(2)27-24-20/h3-10,14H,11-13H2,1-2H3,(H,22,26)/t14-/m1/s1. The SMILES string of the molecule is Cc1nc(-c2ccc(C(=O)N[C@H](C)CN3Cc4ccccc4C3)cc2)no1. The van der Waals surface area contributed by atoms with E-state index in [4.69, 9.17) is 4.52 Å². The van der Waals surface area contributed by atoms with Gasteiger partial charge in [-0.15, -0.1) is 0 Å². The number of nitrogens with one attached hydrogen (secondary N) is 1. The maximum atomic E-state index is 12.5. The van der Waals surface area contributed by atoms with E-state index in [-0.39, 0.29) is 11.9 Å². The third-order valence-corrected chi connectivity index (χ3v) is 4.75. The first-order chi connectivity index (χ1) is 13.1. The maximum absolute atomic E-state index is 12.5. The van der Waals surface area contributed by atoms with E-state index in [2.05, 4.69) is 44.6 Å². The number of aryl methyl sites for hydroxylation is 1. The van der Waals surface area contributed by atoms with Crippen molar-refractivity contribution in [1.29, 1.82) is 0 Å². The Bertz CT molecular complexity index is 924. The number of carbonyl (C=O) groups is 1. The van der Waals surface area contributed by atoms with Crippen molar-refractivity contribution >= 4 is 5.91 Å². The summed E-state index contributed by atoms with van der Waals surface area (Å²) in [7, 11) is 0. The van der Waals surface area contributed by atoms with Gasteiger partial charge in [0.25, 0.3) is 5.91 Å². The Hall–Kier alpha value is -2.99. The van der Waals surface area contributed by atoms with Crippen molar-refractivity contribution < 1.29 is 9.32 Å². The average molecular weight is 362 g/mol. The van der Waals surface area contributed by atoms with E-state index in [1.54, 1.807) is 19.1 Å². The van der Waals surface area contributed by atoms with Crippen LogP contribution in [0.15, 0.2) is 53.1 Å². The normalized spacial score (nSPS) is 14.7. The molecular weight excluding hydrogens is 340 g/mol. The second-order valence-corrected chi connectivity index (χ2v) is 7.03. The zero-order valence-corrected chi connectivity index (χ0v) is 15.5. The quantitative estimate of drug-likeness (QED) is 0.755. The molecule has 0 spiro atoms. The lowest BCUT2D eigenvalue weighted by Gasteiger charge is -2.21. The van der Waals surface area contributed by atoms with Crippen molar-refractivity contribution in [3.63, 3.8) is 0 Å². The highest BCUT2D eigenvalue weighted by Gasteiger charge is 2.20. The largest absolute Gasteiger partial charge is 0.348 e. The van der Waals surface area contributed by atoms with Crippen LogP contribution < -0.4 is 5.32 Å². The number of benzene rings is 2. The highest BCUT2D eigenvalue weighted by Crippen LogP contribution is 2.22. The summed E-state index contributed by atoms with van der Waals surface area (Å²) >= 11 is 0. The summed E-state index contributed by atoms with van der Waals surface area (Å²) in [4.78, 5) is 19.1. The van der Waals surface area contributed by atoms with Gasteiger partial charge in [0.05, 0.1) is 0 Å². The molecule has 1 amide bonds. The zero-order chi connectivity index (χ0) is 18.8. The van der Waals surface area contributed by atoms with Gasteiger partial charge in [-0.05, 0) is 30.2 Å². The smallest absolute Gasteiger partial charge is 0.251 e. The molecule has 0 unspecified atom stereocenters. The molecule has 6 heteroatoms. The van der Waals surface area contributed by atoms with Gasteiger partial charge in [0.1, 0.15) is 0 Å². The topological polar surface area (TPSA) is 71.3 Å². The van der Waals surface area contributed by atoms with E-state index in [1.165, 1.54) is 11.1 Å². The van der Waals surface area contributed by atoms with Crippen LogP contribution in [0.3, 0.4) is 0 Å². The average Bonchev–Trinajstić information content (AvgIpc) is 3.27. The molecule has 2 aromatic carbocycles. The summed E-state index contributed by atoms with van der Waals surface area (Å²) in [6, 6.07) is 15.8. The Morgan fingerprint density at radius 2 is 1.81 bits per heavy atom. The molecule has 0 aliphatic carbocycles. The predicted octanol–water partition coefficient (Wildman–Crippen LogP) is 3.18. The van der Waals surface area contributed by atoms with Crippen molar-refractivity contribution in [3.05, 3.63) is 71.1 Å². The van der Waals surface area contributed by atoms with Crippen LogP contribution in [0.5, 0.6) is 0 Å². The Labute approximate surface area is 158 Å². The van der Waals surface area contributed by atoms with Crippen LogP contribution in [0.25, 0.3) is 11.4 Å². The maximum Gasteiger partial charge on any atom is 0.251 e. The van der Waals surface area contributed by atoms with E-state index in [9.17, 15) is 4.79 Å². The zero-order valence-electron chi connectivity index (χ0n) is 15.5. The summed E-state index contributed by atoms with van der Waals surface area (Å²) in [5.41, 5.74) is 4.20. The van der Waals surface area contributed by atoms with Gasteiger partial charge in [0, 0.05) is 43.7 Å². The first-order valence-corrected chi connectivity index (χ1v) is 9.09. The Morgan fingerprint density at radius 3 is 2.41 bits per heavy atom. The molecule has 6 nitrogen and oxygen atoms in total. The summed E-state index contributed by atoms with van der Waals surface area (Å²) in [6.07, 6.45) is 0. The molecule has 4 rings (SSSR count). The molecule has 0 saturated carbocycles. The highest BCUT2D eigenvalue weighted by molar-refractivity contribution is 5.94. The van der Waals surface area contributed by atoms with E-state index in [0.717, 1.165) is 25.2 Å². The number of hydrogen-bond donors (Lipinski definition) is 1. The number of nitrogens with zero attached hydrogens (tertiary/aromatic N) is 3. The van der Waals surface area contributed by atoms with Crippen molar-refractivity contribution in [2.24, 2.45) is 0 Å². The second kappa shape index (κ2) is 7.32. The van der Waals surface area contributed by atoms with Crippen LogP contribution in [0.1, 0.15) is 34.3 Å². The van der Waals surface area contributed by atoms with Crippen LogP contribution >= 0.6 is 0 Å². The predicted molar refractivity (Wildman–Crippen MR) is 102 cm³/mol. The van der Waals surface area contributed by atoms with E-state index in [1.807, 2.05) is 19.1 Å². The fourth-order valence-corrected chi connectivity index (χ4v) is 3.46. The molecule has 1 aliphatic rings. The first kappa shape index (κ1) is 17.4. The van der Waals surface area contributed by atoms with Gasteiger partial charge in [0.2, 0.25) is 11.7 Å². The molecule has 1 aromatic heterocycles. The lowest BCUT2D eigenvalue weighted by Crippen LogP contribution is -2.40. The lowest BCUT2D eigenvalue weighted by atomic mass is 10.1. The number of carbonyl (C=O) groups excluding carboxylic acids is 1. The van der Waals surface area contributed by atoms with Crippen LogP contribution in [-0.4, -0.2) is 33.5 Å². The van der Waals surface area contributed by atoms with Gasteiger partial charge in [-0.25, -0.2) is 0 Å². The monoisotopic (exact) mass is 362 g/mol. The summed E-state index contributed by atoms with van der Waals surface area (Å²) in [5, 5.41) is 6.97. The van der Waals surface area contributed by atoms with Crippen molar-refractivity contribution in [3.8, 4) is 11.4 Å². The van der Waals surface area contributed by atoms with Crippen LogP contribution in [0.2, 0.25) is 0 Å². The molecule has 0 saturated heterocycles. The van der Waals surface area contributed by atoms with Crippen LogP contribution in [0, 0.1) is 6.92 Å². The third kappa shape index (κ3) is 3.90. The Morgan fingerprint density at radius 1 is 1.15 bits per heavy atom. The number of fused-ring (bicyclic) bond motifs is 1. The van der Waals surface area contributed by atoms with Gasteiger partial charge in [-0.1, -0.05) is 41.6 Å². The molecule has 0 fully saturated rings. The molecule has 3 aromatic rings. The molecule has 138 valence electrons. The van der Waals surface area contributed by atoms with Gasteiger partial charge in [-0.2, -0.15) is 4.98 Å². The van der Waals surface area contributed by atoms with Gasteiger partial charge >= 0.3 is 0 Å². The van der Waals surface area contributed by atoms with Crippen molar-refractivity contribution in [1.82, 2.24) is 20.4 Å². The second-order valence-electron chi connectivity index (χ2n) is 7.03. The van der Waals surface area contributed by atoms with Crippen molar-refractivity contribution in [2.45, 2.75) is 33.0 Å². The summed E-state index contributed by atoms with van der Waals surface area (Å²) in [6.45, 7) is 6.49.